The lowest BCUT2D eigenvalue weighted by Crippen LogP contribution is -2.39. The molecule has 2 aliphatic rings. The molecule has 218 valence electrons. The Labute approximate surface area is 229 Å². The van der Waals surface area contributed by atoms with Crippen molar-refractivity contribution in [2.75, 3.05) is 27.9 Å². The first-order valence-electron chi connectivity index (χ1n) is 12.4. The number of nitrogens with zero attached hydrogens (tertiary/aromatic N) is 3. The zero-order valence-electron chi connectivity index (χ0n) is 22.5. The van der Waals surface area contributed by atoms with E-state index in [4.69, 9.17) is 44.4 Å². The number of aliphatic carboxylic acids is 2. The molecule has 1 aliphatic heterocycles. The first kappa shape index (κ1) is 30.5. The van der Waals surface area contributed by atoms with Crippen LogP contribution in [0.15, 0.2) is 23.2 Å². The van der Waals surface area contributed by atoms with Crippen LogP contribution in [0.3, 0.4) is 0 Å². The molecule has 2 aromatic rings. The van der Waals surface area contributed by atoms with Gasteiger partial charge in [0.2, 0.25) is 11.8 Å². The van der Waals surface area contributed by atoms with Gasteiger partial charge in [0.1, 0.15) is 0 Å². The lowest BCUT2D eigenvalue weighted by Gasteiger charge is -2.37. The normalized spacial score (nSPS) is 20.8. The van der Waals surface area contributed by atoms with E-state index in [9.17, 15) is 14.7 Å². The number of methoxy groups -OCH3 is 3. The number of hydrogen-bond acceptors (Lipinski definition) is 12. The number of benzene rings is 1. The summed E-state index contributed by atoms with van der Waals surface area (Å²) in [6, 6.07) is 5.82. The van der Waals surface area contributed by atoms with Gasteiger partial charge in [-0.25, -0.2) is 9.59 Å². The van der Waals surface area contributed by atoms with Crippen LogP contribution in [0.2, 0.25) is 0 Å². The van der Waals surface area contributed by atoms with E-state index in [-0.39, 0.29) is 18.1 Å². The number of fused-ring (bicyclic) bond motifs is 3. The Balaban J connectivity index is 0.000000378. The number of aliphatic imine (C=N–C) groups is 1. The fraction of sp³-hybridized carbons (Fsp3) is 0.500. The second kappa shape index (κ2) is 13.4. The minimum absolute atomic E-state index is 0.0580. The lowest BCUT2D eigenvalue weighted by molar-refractivity contribution is -0.165. The Hall–Kier alpha value is -4.01. The fourth-order valence-corrected chi connectivity index (χ4v) is 4.64. The van der Waals surface area contributed by atoms with Crippen molar-refractivity contribution >= 4 is 17.7 Å². The van der Waals surface area contributed by atoms with Gasteiger partial charge < -0.3 is 44.5 Å². The molecule has 0 amide bonds. The molecule has 14 heteroatoms. The van der Waals surface area contributed by atoms with Crippen molar-refractivity contribution in [1.82, 2.24) is 10.2 Å². The van der Waals surface area contributed by atoms with Gasteiger partial charge >= 0.3 is 11.9 Å². The highest BCUT2D eigenvalue weighted by atomic mass is 16.5. The average molecular weight is 564 g/mol. The number of carboxylic acid groups (broad SMARTS) is 2. The van der Waals surface area contributed by atoms with Crippen molar-refractivity contribution in [3.8, 4) is 23.3 Å². The van der Waals surface area contributed by atoms with Crippen LogP contribution in [0.5, 0.6) is 23.3 Å². The van der Waals surface area contributed by atoms with E-state index < -0.39 is 24.1 Å². The third-order valence-electron chi connectivity index (χ3n) is 6.57. The summed E-state index contributed by atoms with van der Waals surface area (Å²) in [5.74, 6) is -1.34. The highest BCUT2D eigenvalue weighted by Crippen LogP contribution is 2.45. The third kappa shape index (κ3) is 6.58. The van der Waals surface area contributed by atoms with Gasteiger partial charge in [0, 0.05) is 17.5 Å². The summed E-state index contributed by atoms with van der Waals surface area (Å²) in [7, 11) is 4.73. The maximum atomic E-state index is 10.3. The predicted octanol–water partition coefficient (Wildman–Crippen LogP) is 0.627. The predicted molar refractivity (Wildman–Crippen MR) is 139 cm³/mol. The van der Waals surface area contributed by atoms with Gasteiger partial charge in [0.15, 0.2) is 23.7 Å². The monoisotopic (exact) mass is 563 g/mol. The fourth-order valence-electron chi connectivity index (χ4n) is 4.64. The molecule has 1 aromatic heterocycles. The summed E-state index contributed by atoms with van der Waals surface area (Å²) in [6.07, 6.45) is -2.65. The molecule has 1 aromatic carbocycles. The number of aliphatic hydroxyl groups is 3. The summed E-state index contributed by atoms with van der Waals surface area (Å²) in [4.78, 5) is 24.6. The van der Waals surface area contributed by atoms with Gasteiger partial charge in [-0.15, -0.1) is 10.2 Å². The van der Waals surface area contributed by atoms with Crippen LogP contribution >= 0.6 is 0 Å². The van der Waals surface area contributed by atoms with E-state index in [0.29, 0.717) is 41.9 Å². The smallest absolute Gasteiger partial charge is 0.335 e. The maximum Gasteiger partial charge on any atom is 0.335 e. The summed E-state index contributed by atoms with van der Waals surface area (Å²) in [5.41, 5.74) is 3.47. The van der Waals surface area contributed by atoms with Crippen molar-refractivity contribution in [1.29, 1.82) is 0 Å². The van der Waals surface area contributed by atoms with E-state index in [2.05, 4.69) is 10.2 Å². The number of ether oxygens (including phenoxy) is 4. The standard InChI is InChI=1S/C22H27N3O5.C4H6O6/c1-5-30-19-9-13-14-8-12(26)6-7-17(14)23-21(15(13)10-18(19)27-2)16-11-20(28-3)24-25-22(16)29-4;5-1(3(7)8)2(6)4(9)10/h9-12,14,17,26H,5-8H2,1-4H3;1-2,5-6H,(H,7,8)(H,9,10)/t12-,14-,17-;1-,2+/m1./s1. The number of aromatic nitrogens is 2. The number of carboxylic acids is 2. The van der Waals surface area contributed by atoms with Gasteiger partial charge in [-0.05, 0) is 43.9 Å². The Bertz CT molecular complexity index is 1230. The molecule has 1 fully saturated rings. The van der Waals surface area contributed by atoms with Gasteiger partial charge in [0.25, 0.3) is 0 Å². The largest absolute Gasteiger partial charge is 0.493 e. The van der Waals surface area contributed by atoms with Crippen LogP contribution in [0.1, 0.15) is 48.8 Å². The summed E-state index contributed by atoms with van der Waals surface area (Å²) < 4.78 is 22.2. The van der Waals surface area contributed by atoms with Crippen LogP contribution in [-0.4, -0.2) is 106 Å². The zero-order chi connectivity index (χ0) is 29.6. The third-order valence-corrected chi connectivity index (χ3v) is 6.57. The molecule has 4 rings (SSSR count). The molecular formula is C26H33N3O11. The zero-order valence-corrected chi connectivity index (χ0v) is 22.5. The number of hydrogen-bond donors (Lipinski definition) is 5. The molecule has 0 saturated heterocycles. The van der Waals surface area contributed by atoms with Crippen LogP contribution in [0, 0.1) is 0 Å². The van der Waals surface area contributed by atoms with Gasteiger partial charge in [0.05, 0.1) is 51.4 Å². The number of carbonyl (C=O) groups is 2. The molecule has 40 heavy (non-hydrogen) atoms. The lowest BCUT2D eigenvalue weighted by atomic mass is 9.74. The van der Waals surface area contributed by atoms with E-state index in [1.165, 1.54) is 0 Å². The Morgan fingerprint density at radius 2 is 1.60 bits per heavy atom. The highest BCUT2D eigenvalue weighted by molar-refractivity contribution is 6.16. The number of aliphatic hydroxyl groups excluding tert-OH is 3. The Morgan fingerprint density at radius 3 is 2.15 bits per heavy atom. The van der Waals surface area contributed by atoms with E-state index in [1.807, 2.05) is 19.1 Å². The molecule has 5 N–H and O–H groups in total. The first-order chi connectivity index (χ1) is 19.1. The first-order valence-corrected chi connectivity index (χ1v) is 12.4. The Kier molecular flexibility index (Phi) is 10.2. The maximum absolute atomic E-state index is 10.3. The van der Waals surface area contributed by atoms with Gasteiger partial charge in [-0.1, -0.05) is 0 Å². The van der Waals surface area contributed by atoms with Crippen molar-refractivity contribution in [2.45, 2.75) is 56.5 Å². The van der Waals surface area contributed by atoms with Crippen molar-refractivity contribution < 1.29 is 54.1 Å². The molecule has 0 unspecified atom stereocenters. The highest BCUT2D eigenvalue weighted by Gasteiger charge is 2.38. The molecule has 1 aliphatic carbocycles. The molecule has 2 heterocycles. The van der Waals surface area contributed by atoms with Crippen LogP contribution in [-0.2, 0) is 9.59 Å². The molecule has 1 saturated carbocycles. The Morgan fingerprint density at radius 1 is 0.925 bits per heavy atom. The van der Waals surface area contributed by atoms with Crippen LogP contribution in [0.4, 0.5) is 0 Å². The minimum Gasteiger partial charge on any atom is -0.493 e. The van der Waals surface area contributed by atoms with Gasteiger partial charge in [-0.2, -0.15) is 0 Å². The van der Waals surface area contributed by atoms with Crippen LogP contribution in [0.25, 0.3) is 0 Å². The molecule has 14 nitrogen and oxygen atoms in total. The van der Waals surface area contributed by atoms with E-state index in [0.717, 1.165) is 29.7 Å². The summed E-state index contributed by atoms with van der Waals surface area (Å²) in [6.45, 7) is 2.48. The summed E-state index contributed by atoms with van der Waals surface area (Å²) >= 11 is 0. The molecule has 5 atom stereocenters. The quantitative estimate of drug-likeness (QED) is 0.284. The van der Waals surface area contributed by atoms with Crippen LogP contribution < -0.4 is 18.9 Å². The van der Waals surface area contributed by atoms with Crippen molar-refractivity contribution in [3.63, 3.8) is 0 Å². The van der Waals surface area contributed by atoms with E-state index >= 15 is 0 Å². The van der Waals surface area contributed by atoms with Crippen molar-refractivity contribution in [3.05, 3.63) is 34.9 Å². The minimum atomic E-state index is -2.27. The van der Waals surface area contributed by atoms with Gasteiger partial charge in [-0.3, -0.25) is 4.99 Å². The molecule has 0 radical (unpaired) electrons. The molecule has 0 bridgehead atoms. The second-order valence-corrected chi connectivity index (χ2v) is 9.02. The second-order valence-electron chi connectivity index (χ2n) is 9.02. The topological polar surface area (TPSA) is 210 Å². The molecule has 0 spiro atoms. The summed E-state index contributed by atoms with van der Waals surface area (Å²) in [5, 5.41) is 51.0. The van der Waals surface area contributed by atoms with Crippen molar-refractivity contribution in [2.24, 2.45) is 4.99 Å². The SMILES string of the molecule is CCOc1cc2c(cc1OC)C(c1cc(OC)nnc1OC)=N[C@@H]1CC[C@@H](O)C[C@H]21.O=C(O)[C@@H](O)[C@@H](O)C(=O)O. The van der Waals surface area contributed by atoms with E-state index in [1.54, 1.807) is 27.4 Å². The molecular weight excluding hydrogens is 530 g/mol. The average Bonchev–Trinajstić information content (AvgIpc) is 2.95. The number of rotatable bonds is 9.